The number of phenolic OH excluding ortho intramolecular Hbond substituents is 1. The van der Waals surface area contributed by atoms with E-state index >= 15 is 0 Å². The van der Waals surface area contributed by atoms with E-state index in [0.717, 1.165) is 11.1 Å². The fourth-order valence-corrected chi connectivity index (χ4v) is 2.26. The molecule has 0 saturated carbocycles. The zero-order valence-corrected chi connectivity index (χ0v) is 15.2. The van der Waals surface area contributed by atoms with E-state index < -0.39 is 11.8 Å². The Hall–Kier alpha value is -2.53. The van der Waals surface area contributed by atoms with Crippen molar-refractivity contribution in [1.29, 1.82) is 0 Å². The minimum absolute atomic E-state index is 0.235. The number of phenols is 1. The Morgan fingerprint density at radius 2 is 1.32 bits per heavy atom. The number of carbonyl (C=O) groups is 1. The van der Waals surface area contributed by atoms with Gasteiger partial charge in [0, 0.05) is 5.41 Å². The smallest absolute Gasteiger partial charge is 0.508 e. The highest BCUT2D eigenvalue weighted by Gasteiger charge is 2.23. The number of hydrogen-bond acceptors (Lipinski definition) is 5. The van der Waals surface area contributed by atoms with Gasteiger partial charge in [0.15, 0.2) is 0 Å². The SMILES string of the molecule is CC(C)(C)OOC(=O)Oc1ccc(C(C)(C)c2ccc(O)cc2)cc1. The molecule has 0 aliphatic heterocycles. The Morgan fingerprint density at radius 3 is 1.80 bits per heavy atom. The third kappa shape index (κ3) is 5.22. The van der Waals surface area contributed by atoms with Crippen molar-refractivity contribution in [2.75, 3.05) is 0 Å². The van der Waals surface area contributed by atoms with Gasteiger partial charge in [0.1, 0.15) is 17.1 Å². The van der Waals surface area contributed by atoms with E-state index in [1.54, 1.807) is 45.0 Å². The van der Waals surface area contributed by atoms with Crippen LogP contribution in [0.15, 0.2) is 48.5 Å². The van der Waals surface area contributed by atoms with Crippen molar-refractivity contribution in [2.45, 2.75) is 45.6 Å². The molecule has 1 N–H and O–H groups in total. The molecule has 2 aromatic rings. The monoisotopic (exact) mass is 344 g/mol. The van der Waals surface area contributed by atoms with E-state index in [4.69, 9.17) is 9.62 Å². The highest BCUT2D eigenvalue weighted by Crippen LogP contribution is 2.33. The second-order valence-electron chi connectivity index (χ2n) is 7.33. The summed E-state index contributed by atoms with van der Waals surface area (Å²) in [5.74, 6) is 0.604. The first kappa shape index (κ1) is 18.8. The van der Waals surface area contributed by atoms with Crippen LogP contribution < -0.4 is 4.74 Å². The summed E-state index contributed by atoms with van der Waals surface area (Å²) in [6.07, 6.45) is -0.916. The van der Waals surface area contributed by atoms with Crippen LogP contribution >= 0.6 is 0 Å². The Labute approximate surface area is 148 Å². The van der Waals surface area contributed by atoms with Gasteiger partial charge in [0.2, 0.25) is 0 Å². The van der Waals surface area contributed by atoms with Gasteiger partial charge in [-0.05, 0) is 56.2 Å². The van der Waals surface area contributed by atoms with Crippen molar-refractivity contribution in [3.05, 3.63) is 59.7 Å². The molecule has 0 radical (unpaired) electrons. The summed E-state index contributed by atoms with van der Waals surface area (Å²) in [6.45, 7) is 9.46. The molecule has 0 saturated heterocycles. The van der Waals surface area contributed by atoms with Gasteiger partial charge >= 0.3 is 6.16 Å². The lowest BCUT2D eigenvalue weighted by atomic mass is 9.78. The molecule has 5 heteroatoms. The highest BCUT2D eigenvalue weighted by molar-refractivity contribution is 5.63. The summed E-state index contributed by atoms with van der Waals surface area (Å²) < 4.78 is 5.08. The zero-order chi connectivity index (χ0) is 18.7. The largest absolute Gasteiger partial charge is 0.546 e. The maximum absolute atomic E-state index is 11.6. The van der Waals surface area contributed by atoms with Crippen molar-refractivity contribution >= 4 is 6.16 Å². The molecule has 0 aliphatic rings. The Kier molecular flexibility index (Phi) is 5.38. The average molecular weight is 344 g/mol. The number of hydrogen-bond donors (Lipinski definition) is 1. The van der Waals surface area contributed by atoms with Crippen LogP contribution in [0.1, 0.15) is 45.7 Å². The molecule has 134 valence electrons. The number of benzene rings is 2. The van der Waals surface area contributed by atoms with E-state index in [1.807, 2.05) is 24.3 Å². The van der Waals surface area contributed by atoms with Gasteiger partial charge < -0.3 is 9.84 Å². The summed E-state index contributed by atoms with van der Waals surface area (Å²) in [6, 6.07) is 14.3. The quantitative estimate of drug-likeness (QED) is 0.367. The van der Waals surface area contributed by atoms with Crippen LogP contribution in [0.2, 0.25) is 0 Å². The number of rotatable bonds is 4. The van der Waals surface area contributed by atoms with Crippen molar-refractivity contribution in [3.63, 3.8) is 0 Å². The highest BCUT2D eigenvalue weighted by atomic mass is 17.2. The van der Waals surface area contributed by atoms with Gasteiger partial charge in [0.05, 0.1) is 0 Å². The van der Waals surface area contributed by atoms with Crippen molar-refractivity contribution < 1.29 is 24.4 Å². The Morgan fingerprint density at radius 1 is 0.840 bits per heavy atom. The second kappa shape index (κ2) is 7.15. The molecule has 0 aromatic heterocycles. The zero-order valence-electron chi connectivity index (χ0n) is 15.2. The molecule has 0 aliphatic carbocycles. The molecule has 0 fully saturated rings. The fraction of sp³-hybridized carbons (Fsp3) is 0.350. The molecule has 0 spiro atoms. The molecule has 0 atom stereocenters. The predicted octanol–water partition coefficient (Wildman–Crippen LogP) is 4.96. The van der Waals surface area contributed by atoms with E-state index in [1.165, 1.54) is 0 Å². The molecule has 0 amide bonds. The van der Waals surface area contributed by atoms with Crippen LogP contribution in [0.25, 0.3) is 0 Å². The van der Waals surface area contributed by atoms with Crippen LogP contribution in [0.5, 0.6) is 11.5 Å². The predicted molar refractivity (Wildman–Crippen MR) is 94.6 cm³/mol. The third-order valence-corrected chi connectivity index (χ3v) is 3.73. The van der Waals surface area contributed by atoms with Gasteiger partial charge in [-0.3, -0.25) is 4.89 Å². The maximum atomic E-state index is 11.6. The molecule has 25 heavy (non-hydrogen) atoms. The standard InChI is InChI=1S/C20H24O5/c1-19(2,3)25-24-18(22)23-17-12-8-15(9-13-17)20(4,5)14-6-10-16(21)11-7-14/h6-13,21H,1-5H3. The first-order valence-electron chi connectivity index (χ1n) is 8.05. The van der Waals surface area contributed by atoms with E-state index in [-0.39, 0.29) is 11.2 Å². The van der Waals surface area contributed by atoms with E-state index in [2.05, 4.69) is 18.7 Å². The number of ether oxygens (including phenoxy) is 1. The van der Waals surface area contributed by atoms with Gasteiger partial charge in [-0.25, -0.2) is 4.79 Å². The van der Waals surface area contributed by atoms with Crippen LogP contribution in [-0.2, 0) is 15.2 Å². The van der Waals surface area contributed by atoms with Gasteiger partial charge in [-0.1, -0.05) is 38.1 Å². The maximum Gasteiger partial charge on any atom is 0.546 e. The minimum atomic E-state index is -0.916. The molecular formula is C20H24O5. The molecule has 0 heterocycles. The second-order valence-corrected chi connectivity index (χ2v) is 7.33. The molecule has 2 aromatic carbocycles. The first-order valence-corrected chi connectivity index (χ1v) is 8.05. The summed E-state index contributed by atoms with van der Waals surface area (Å²) in [4.78, 5) is 21.1. The van der Waals surface area contributed by atoms with Gasteiger partial charge in [0.25, 0.3) is 0 Å². The van der Waals surface area contributed by atoms with Crippen molar-refractivity contribution in [3.8, 4) is 11.5 Å². The van der Waals surface area contributed by atoms with Crippen LogP contribution in [-0.4, -0.2) is 16.9 Å². The lowest BCUT2D eigenvalue weighted by Crippen LogP contribution is -2.23. The minimum Gasteiger partial charge on any atom is -0.508 e. The van der Waals surface area contributed by atoms with E-state index in [0.29, 0.717) is 5.75 Å². The number of carbonyl (C=O) groups excluding carboxylic acids is 1. The summed E-state index contributed by atoms with van der Waals surface area (Å²) in [5, 5.41) is 9.44. The topological polar surface area (TPSA) is 65.0 Å². The molecule has 0 unspecified atom stereocenters. The molecule has 0 bridgehead atoms. The summed E-state index contributed by atoms with van der Waals surface area (Å²) in [5.41, 5.74) is 1.25. The van der Waals surface area contributed by atoms with Crippen molar-refractivity contribution in [2.24, 2.45) is 0 Å². The Balaban J connectivity index is 2.06. The van der Waals surface area contributed by atoms with Gasteiger partial charge in [-0.2, -0.15) is 4.89 Å². The van der Waals surface area contributed by atoms with Crippen LogP contribution in [0.3, 0.4) is 0 Å². The lowest BCUT2D eigenvalue weighted by Gasteiger charge is -2.26. The first-order chi connectivity index (χ1) is 11.6. The van der Waals surface area contributed by atoms with Crippen LogP contribution in [0, 0.1) is 0 Å². The van der Waals surface area contributed by atoms with Crippen LogP contribution in [0.4, 0.5) is 4.79 Å². The third-order valence-electron chi connectivity index (χ3n) is 3.73. The summed E-state index contributed by atoms with van der Waals surface area (Å²) >= 11 is 0. The molecule has 5 nitrogen and oxygen atoms in total. The fourth-order valence-electron chi connectivity index (χ4n) is 2.26. The lowest BCUT2D eigenvalue weighted by molar-refractivity contribution is -0.307. The normalized spacial score (nSPS) is 11.9. The van der Waals surface area contributed by atoms with Gasteiger partial charge in [-0.15, -0.1) is 0 Å². The average Bonchev–Trinajstić information content (AvgIpc) is 2.53. The number of aromatic hydroxyl groups is 1. The van der Waals surface area contributed by atoms with Crippen molar-refractivity contribution in [1.82, 2.24) is 0 Å². The molecular weight excluding hydrogens is 320 g/mol. The molecule has 2 rings (SSSR count). The summed E-state index contributed by atoms with van der Waals surface area (Å²) in [7, 11) is 0. The Bertz CT molecular complexity index is 709. The van der Waals surface area contributed by atoms with E-state index in [9.17, 15) is 9.90 Å².